The first kappa shape index (κ1) is 12.5. The third-order valence-corrected chi connectivity index (χ3v) is 3.17. The second-order valence-corrected chi connectivity index (χ2v) is 4.44. The summed E-state index contributed by atoms with van der Waals surface area (Å²) in [7, 11) is 0. The van der Waals surface area contributed by atoms with Gasteiger partial charge in [-0.1, -0.05) is 12.1 Å². The van der Waals surface area contributed by atoms with E-state index in [1.807, 2.05) is 6.92 Å². The molecule has 1 fully saturated rings. The van der Waals surface area contributed by atoms with Crippen LogP contribution in [0.25, 0.3) is 0 Å². The Morgan fingerprint density at radius 2 is 2.22 bits per heavy atom. The average molecular weight is 254 g/mol. The molecule has 0 aliphatic carbocycles. The van der Waals surface area contributed by atoms with Gasteiger partial charge in [0.05, 0.1) is 18.6 Å². The van der Waals surface area contributed by atoms with Crippen molar-refractivity contribution in [3.63, 3.8) is 0 Å². The van der Waals surface area contributed by atoms with Gasteiger partial charge in [-0.2, -0.15) is 0 Å². The summed E-state index contributed by atoms with van der Waals surface area (Å²) in [5.74, 6) is -1.91. The van der Waals surface area contributed by atoms with E-state index in [-0.39, 0.29) is 19.4 Å². The quantitative estimate of drug-likeness (QED) is 0.720. The molecule has 1 atom stereocenters. The van der Waals surface area contributed by atoms with Crippen LogP contribution in [0.15, 0.2) is 5.16 Å². The lowest BCUT2D eigenvalue weighted by atomic mass is 9.95. The van der Waals surface area contributed by atoms with Crippen LogP contribution in [0.5, 0.6) is 0 Å². The maximum Gasteiger partial charge on any atom is 0.305 e. The van der Waals surface area contributed by atoms with E-state index in [2.05, 4.69) is 5.16 Å². The predicted molar refractivity (Wildman–Crippen MR) is 59.7 cm³/mol. The maximum absolute atomic E-state index is 12.1. The van der Waals surface area contributed by atoms with Crippen molar-refractivity contribution in [3.8, 4) is 0 Å². The topological polar surface area (TPSA) is 96.3 Å². The van der Waals surface area contributed by atoms with E-state index in [0.29, 0.717) is 12.8 Å². The largest absolute Gasteiger partial charge is 0.481 e. The molecule has 1 spiro atoms. The first-order valence-corrected chi connectivity index (χ1v) is 5.79. The van der Waals surface area contributed by atoms with Gasteiger partial charge in [0.15, 0.2) is 0 Å². The van der Waals surface area contributed by atoms with Gasteiger partial charge >= 0.3 is 5.97 Å². The lowest BCUT2D eigenvalue weighted by molar-refractivity contribution is -0.148. The molecule has 0 aromatic carbocycles. The smallest absolute Gasteiger partial charge is 0.305 e. The SMILES string of the molecule is CCC1=NOC2(CC(=O)N(CCC(=O)O)C2=O)C1. The molecule has 0 bridgehead atoms. The number of amides is 2. The van der Waals surface area contributed by atoms with Crippen molar-refractivity contribution in [1.82, 2.24) is 4.90 Å². The van der Waals surface area contributed by atoms with Crippen LogP contribution in [0.3, 0.4) is 0 Å². The summed E-state index contributed by atoms with van der Waals surface area (Å²) in [5.41, 5.74) is -0.461. The summed E-state index contributed by atoms with van der Waals surface area (Å²) in [4.78, 5) is 40.5. The number of oxime groups is 1. The minimum Gasteiger partial charge on any atom is -0.481 e. The molecule has 2 aliphatic rings. The van der Waals surface area contributed by atoms with Gasteiger partial charge in [-0.3, -0.25) is 19.3 Å². The van der Waals surface area contributed by atoms with E-state index < -0.39 is 23.4 Å². The van der Waals surface area contributed by atoms with E-state index in [9.17, 15) is 14.4 Å². The fourth-order valence-corrected chi connectivity index (χ4v) is 2.15. The lowest BCUT2D eigenvalue weighted by Crippen LogP contribution is -2.41. The number of hydrogen-bond acceptors (Lipinski definition) is 5. The van der Waals surface area contributed by atoms with Crippen molar-refractivity contribution in [3.05, 3.63) is 0 Å². The molecule has 1 unspecified atom stereocenters. The number of carbonyl (C=O) groups excluding carboxylic acids is 2. The summed E-state index contributed by atoms with van der Waals surface area (Å²) < 4.78 is 0. The zero-order valence-electron chi connectivity index (χ0n) is 10.0. The Labute approximate surface area is 103 Å². The monoisotopic (exact) mass is 254 g/mol. The fourth-order valence-electron chi connectivity index (χ4n) is 2.15. The second kappa shape index (κ2) is 4.40. The number of carboxylic acids is 1. The molecule has 0 aromatic rings. The van der Waals surface area contributed by atoms with Gasteiger partial charge in [-0.15, -0.1) is 0 Å². The normalized spacial score (nSPS) is 26.7. The van der Waals surface area contributed by atoms with E-state index in [1.54, 1.807) is 0 Å². The third kappa shape index (κ3) is 1.96. The first-order chi connectivity index (χ1) is 8.48. The number of carboxylic acid groups (broad SMARTS) is 1. The maximum atomic E-state index is 12.1. The molecule has 2 heterocycles. The van der Waals surface area contributed by atoms with Gasteiger partial charge in [-0.05, 0) is 6.42 Å². The van der Waals surface area contributed by atoms with Gasteiger partial charge in [0.25, 0.3) is 5.91 Å². The van der Waals surface area contributed by atoms with Crippen LogP contribution < -0.4 is 0 Å². The number of carbonyl (C=O) groups is 3. The molecule has 1 N–H and O–H groups in total. The Hall–Kier alpha value is -1.92. The van der Waals surface area contributed by atoms with Gasteiger partial charge in [0, 0.05) is 13.0 Å². The summed E-state index contributed by atoms with van der Waals surface area (Å²) in [6.07, 6.45) is 0.670. The van der Waals surface area contributed by atoms with E-state index in [0.717, 1.165) is 10.6 Å². The molecule has 2 rings (SSSR count). The van der Waals surface area contributed by atoms with Crippen molar-refractivity contribution in [2.45, 2.75) is 38.2 Å². The highest BCUT2D eigenvalue weighted by Crippen LogP contribution is 2.36. The molecule has 18 heavy (non-hydrogen) atoms. The van der Waals surface area contributed by atoms with Gasteiger partial charge in [0.2, 0.25) is 11.5 Å². The molecule has 0 saturated carbocycles. The van der Waals surface area contributed by atoms with Crippen LogP contribution in [0.4, 0.5) is 0 Å². The highest BCUT2D eigenvalue weighted by atomic mass is 16.7. The van der Waals surface area contributed by atoms with Crippen molar-refractivity contribution in [2.75, 3.05) is 6.54 Å². The molecule has 1 saturated heterocycles. The number of hydrogen-bond donors (Lipinski definition) is 1. The molecule has 98 valence electrons. The van der Waals surface area contributed by atoms with E-state index in [1.165, 1.54) is 0 Å². The molecule has 7 nitrogen and oxygen atoms in total. The molecule has 0 aromatic heterocycles. The molecule has 2 amide bonds. The van der Waals surface area contributed by atoms with Crippen LogP contribution in [-0.2, 0) is 19.2 Å². The Bertz CT molecular complexity index is 445. The number of nitrogens with zero attached hydrogens (tertiary/aromatic N) is 2. The zero-order valence-corrected chi connectivity index (χ0v) is 10.0. The minimum absolute atomic E-state index is 0.0571. The fraction of sp³-hybridized carbons (Fsp3) is 0.636. The van der Waals surface area contributed by atoms with Crippen molar-refractivity contribution < 1.29 is 24.3 Å². The number of imide groups is 1. The number of likely N-dealkylation sites (tertiary alicyclic amines) is 1. The Morgan fingerprint density at radius 3 is 2.78 bits per heavy atom. The molecular weight excluding hydrogens is 240 g/mol. The highest BCUT2D eigenvalue weighted by Gasteiger charge is 2.56. The van der Waals surface area contributed by atoms with E-state index in [4.69, 9.17) is 9.94 Å². The molecular formula is C11H14N2O5. The van der Waals surface area contributed by atoms with Crippen molar-refractivity contribution in [2.24, 2.45) is 5.16 Å². The van der Waals surface area contributed by atoms with Crippen LogP contribution >= 0.6 is 0 Å². The second-order valence-electron chi connectivity index (χ2n) is 4.44. The first-order valence-electron chi connectivity index (χ1n) is 5.79. The average Bonchev–Trinajstić information content (AvgIpc) is 2.82. The molecule has 7 heteroatoms. The van der Waals surface area contributed by atoms with Crippen LogP contribution in [-0.4, -0.2) is 45.6 Å². The van der Waals surface area contributed by atoms with Crippen LogP contribution in [0.1, 0.15) is 32.6 Å². The van der Waals surface area contributed by atoms with Crippen molar-refractivity contribution in [1.29, 1.82) is 0 Å². The summed E-state index contributed by atoms with van der Waals surface area (Å²) in [6.45, 7) is 1.78. The summed E-state index contributed by atoms with van der Waals surface area (Å²) in [5, 5.41) is 12.4. The lowest BCUT2D eigenvalue weighted by Gasteiger charge is -2.18. The predicted octanol–water partition coefficient (Wildman–Crippen LogP) is 0.145. The Morgan fingerprint density at radius 1 is 1.50 bits per heavy atom. The minimum atomic E-state index is -1.21. The Balaban J connectivity index is 2.08. The number of aliphatic carboxylic acids is 1. The van der Waals surface area contributed by atoms with Crippen LogP contribution in [0, 0.1) is 0 Å². The van der Waals surface area contributed by atoms with E-state index >= 15 is 0 Å². The molecule has 0 radical (unpaired) electrons. The van der Waals surface area contributed by atoms with Gasteiger partial charge < -0.3 is 9.94 Å². The van der Waals surface area contributed by atoms with Crippen LogP contribution in [0.2, 0.25) is 0 Å². The standard InChI is InChI=1S/C11H14N2O5/c1-2-7-5-11(18-12-7)6-8(14)13(10(11)17)4-3-9(15)16/h2-6H2,1H3,(H,15,16). The summed E-state index contributed by atoms with van der Waals surface area (Å²) >= 11 is 0. The highest BCUT2D eigenvalue weighted by molar-refractivity contribution is 6.10. The van der Waals surface area contributed by atoms with Gasteiger partial charge in [-0.25, -0.2) is 0 Å². The third-order valence-electron chi connectivity index (χ3n) is 3.17. The summed E-state index contributed by atoms with van der Waals surface area (Å²) in [6, 6.07) is 0. The zero-order chi connectivity index (χ0) is 13.3. The number of rotatable bonds is 4. The Kier molecular flexibility index (Phi) is 3.06. The van der Waals surface area contributed by atoms with Crippen molar-refractivity contribution >= 4 is 23.5 Å². The molecule has 2 aliphatic heterocycles. The van der Waals surface area contributed by atoms with Gasteiger partial charge in [0.1, 0.15) is 0 Å².